The smallest absolute Gasteiger partial charge is 0.0532 e. The highest BCUT2D eigenvalue weighted by atomic mass is 32.2. The normalized spacial score (nSPS) is 18.6. The fourth-order valence-electron chi connectivity index (χ4n) is 2.20. The Morgan fingerprint density at radius 2 is 1.37 bits per heavy atom. The summed E-state index contributed by atoms with van der Waals surface area (Å²) in [5.74, 6) is 0.598. The molecule has 1 heterocycles. The van der Waals surface area contributed by atoms with Crippen LogP contribution in [-0.4, -0.2) is 9.96 Å². The van der Waals surface area contributed by atoms with Crippen LogP contribution in [0.4, 0.5) is 0 Å². The summed E-state index contributed by atoms with van der Waals surface area (Å²) < 4.78 is 12.0. The van der Waals surface area contributed by atoms with Crippen LogP contribution in [0.5, 0.6) is 0 Å². The minimum absolute atomic E-state index is 0.598. The average Bonchev–Trinajstić information content (AvgIpc) is 2.48. The Balaban J connectivity index is 2.02. The topological polar surface area (TPSA) is 17.1 Å². The fourth-order valence-corrected chi connectivity index (χ4v) is 3.33. The van der Waals surface area contributed by atoms with E-state index in [-0.39, 0.29) is 0 Å². The van der Waals surface area contributed by atoms with E-state index in [1.165, 1.54) is 0 Å². The molecule has 0 radical (unpaired) electrons. The van der Waals surface area contributed by atoms with Gasteiger partial charge in [0.05, 0.1) is 16.6 Å². The Labute approximate surface area is 115 Å². The third-order valence-corrected chi connectivity index (χ3v) is 4.25. The van der Waals surface area contributed by atoms with E-state index < -0.39 is 10.8 Å². The second-order valence-electron chi connectivity index (χ2n) is 4.50. The Morgan fingerprint density at radius 3 is 2.00 bits per heavy atom. The Bertz CT molecular complexity index is 654. The number of hydrogen-bond acceptors (Lipinski definition) is 1. The van der Waals surface area contributed by atoms with E-state index in [0.717, 1.165) is 22.3 Å². The van der Waals surface area contributed by atoms with E-state index in [9.17, 15) is 4.21 Å². The molecule has 0 bridgehead atoms. The summed E-state index contributed by atoms with van der Waals surface area (Å²) in [7, 11) is -0.932. The van der Waals surface area contributed by atoms with Gasteiger partial charge in [-0.3, -0.25) is 4.21 Å². The lowest BCUT2D eigenvalue weighted by molar-refractivity contribution is 0.690. The van der Waals surface area contributed by atoms with Gasteiger partial charge in [-0.2, -0.15) is 0 Å². The third kappa shape index (κ3) is 2.74. The van der Waals surface area contributed by atoms with E-state index in [4.69, 9.17) is 0 Å². The first kappa shape index (κ1) is 12.1. The monoisotopic (exact) mass is 266 g/mol. The van der Waals surface area contributed by atoms with Crippen molar-refractivity contribution in [2.75, 3.05) is 5.75 Å². The van der Waals surface area contributed by atoms with Crippen molar-refractivity contribution < 1.29 is 4.21 Å². The fraction of sp³-hybridized carbons (Fsp3) is 0.0588. The van der Waals surface area contributed by atoms with Crippen LogP contribution in [0.25, 0.3) is 11.1 Å². The highest BCUT2D eigenvalue weighted by molar-refractivity contribution is 7.88. The van der Waals surface area contributed by atoms with Crippen LogP contribution in [0, 0.1) is 0 Å². The minimum atomic E-state index is -0.932. The van der Waals surface area contributed by atoms with Gasteiger partial charge in [-0.15, -0.1) is 0 Å². The van der Waals surface area contributed by atoms with Crippen LogP contribution in [0.3, 0.4) is 0 Å². The molecule has 94 valence electrons. The van der Waals surface area contributed by atoms with Crippen molar-refractivity contribution in [2.45, 2.75) is 0 Å². The van der Waals surface area contributed by atoms with Crippen molar-refractivity contribution in [3.63, 3.8) is 0 Å². The van der Waals surface area contributed by atoms with Crippen LogP contribution >= 0.6 is 0 Å². The Hall–Kier alpha value is -1.93. The summed E-state index contributed by atoms with van der Waals surface area (Å²) in [4.78, 5) is 0. The van der Waals surface area contributed by atoms with Gasteiger partial charge in [0.25, 0.3) is 0 Å². The Morgan fingerprint density at radius 1 is 0.789 bits per heavy atom. The van der Waals surface area contributed by atoms with E-state index >= 15 is 0 Å². The summed E-state index contributed by atoms with van der Waals surface area (Å²) in [5, 5.41) is 1.85. The molecule has 2 aromatic carbocycles. The summed E-state index contributed by atoms with van der Waals surface area (Å²) in [6, 6.07) is 20.3. The predicted molar refractivity (Wildman–Crippen MR) is 81.8 cm³/mol. The van der Waals surface area contributed by atoms with Crippen molar-refractivity contribution >= 4 is 21.9 Å². The van der Waals surface area contributed by atoms with Crippen LogP contribution in [0.1, 0.15) is 11.1 Å². The molecule has 1 nitrogen and oxygen atoms in total. The number of hydrogen-bond donors (Lipinski definition) is 0. The lowest BCUT2D eigenvalue weighted by Crippen LogP contribution is -2.03. The maximum absolute atomic E-state index is 12.0. The van der Waals surface area contributed by atoms with Gasteiger partial charge >= 0.3 is 0 Å². The standard InChI is InChI=1S/C17H14OS/c18-19-12-16(14-7-3-1-4-8-14)11-17(13-19)15-9-5-2-6-10-15/h1-12H,13H2. The van der Waals surface area contributed by atoms with Gasteiger partial charge in [-0.25, -0.2) is 0 Å². The minimum Gasteiger partial charge on any atom is -0.255 e. The second-order valence-corrected chi connectivity index (χ2v) is 5.79. The first-order valence-electron chi connectivity index (χ1n) is 6.23. The molecule has 1 atom stereocenters. The number of rotatable bonds is 2. The lowest BCUT2D eigenvalue weighted by Gasteiger charge is -2.14. The molecule has 0 aromatic heterocycles. The molecule has 0 aliphatic carbocycles. The summed E-state index contributed by atoms with van der Waals surface area (Å²) in [5.41, 5.74) is 4.45. The third-order valence-electron chi connectivity index (χ3n) is 3.14. The molecular weight excluding hydrogens is 252 g/mol. The first-order chi connectivity index (χ1) is 9.33. The van der Waals surface area contributed by atoms with Gasteiger partial charge in [0.2, 0.25) is 0 Å². The van der Waals surface area contributed by atoms with Gasteiger partial charge in [0.1, 0.15) is 0 Å². The number of benzene rings is 2. The molecule has 3 rings (SSSR count). The lowest BCUT2D eigenvalue weighted by atomic mass is 10.0. The number of allylic oxidation sites excluding steroid dienone is 2. The molecular formula is C17H14OS. The molecule has 0 saturated heterocycles. The largest absolute Gasteiger partial charge is 0.255 e. The SMILES string of the molecule is O=S1C=C(c2ccccc2)C=C(c2ccccc2)C1. The van der Waals surface area contributed by atoms with Gasteiger partial charge < -0.3 is 0 Å². The molecule has 0 fully saturated rings. The Kier molecular flexibility index (Phi) is 3.43. The molecule has 0 saturated carbocycles. The highest BCUT2D eigenvalue weighted by Gasteiger charge is 2.13. The second kappa shape index (κ2) is 5.37. The van der Waals surface area contributed by atoms with Crippen LogP contribution < -0.4 is 0 Å². The quantitative estimate of drug-likeness (QED) is 0.806. The predicted octanol–water partition coefficient (Wildman–Crippen LogP) is 3.87. The van der Waals surface area contributed by atoms with Gasteiger partial charge in [-0.05, 0) is 28.3 Å². The van der Waals surface area contributed by atoms with E-state index in [0.29, 0.717) is 5.75 Å². The molecule has 1 aliphatic rings. The van der Waals surface area contributed by atoms with Crippen LogP contribution in [0.15, 0.2) is 72.1 Å². The van der Waals surface area contributed by atoms with Gasteiger partial charge in [0, 0.05) is 5.41 Å². The molecule has 2 aromatic rings. The van der Waals surface area contributed by atoms with Gasteiger partial charge in [-0.1, -0.05) is 60.7 Å². The molecule has 19 heavy (non-hydrogen) atoms. The molecule has 0 N–H and O–H groups in total. The maximum Gasteiger partial charge on any atom is 0.0532 e. The van der Waals surface area contributed by atoms with Crippen molar-refractivity contribution in [3.8, 4) is 0 Å². The van der Waals surface area contributed by atoms with E-state index in [1.807, 2.05) is 53.9 Å². The summed E-state index contributed by atoms with van der Waals surface area (Å²) in [6.45, 7) is 0. The van der Waals surface area contributed by atoms with Crippen molar-refractivity contribution in [3.05, 3.63) is 83.3 Å². The zero-order valence-electron chi connectivity index (χ0n) is 10.5. The zero-order chi connectivity index (χ0) is 13.1. The molecule has 1 aliphatic heterocycles. The zero-order valence-corrected chi connectivity index (χ0v) is 11.3. The maximum atomic E-state index is 12.0. The molecule has 0 spiro atoms. The van der Waals surface area contributed by atoms with Crippen molar-refractivity contribution in [1.82, 2.24) is 0 Å². The summed E-state index contributed by atoms with van der Waals surface area (Å²) >= 11 is 0. The van der Waals surface area contributed by atoms with Crippen LogP contribution in [0.2, 0.25) is 0 Å². The first-order valence-corrected chi connectivity index (χ1v) is 7.61. The van der Waals surface area contributed by atoms with E-state index in [1.54, 1.807) is 0 Å². The molecule has 0 amide bonds. The van der Waals surface area contributed by atoms with Gasteiger partial charge in [0.15, 0.2) is 0 Å². The average molecular weight is 266 g/mol. The van der Waals surface area contributed by atoms with Crippen LogP contribution in [-0.2, 0) is 10.8 Å². The van der Waals surface area contributed by atoms with E-state index in [2.05, 4.69) is 18.2 Å². The molecule has 1 unspecified atom stereocenters. The van der Waals surface area contributed by atoms with Crippen molar-refractivity contribution in [2.24, 2.45) is 0 Å². The molecule has 2 heteroatoms. The van der Waals surface area contributed by atoms with Crippen molar-refractivity contribution in [1.29, 1.82) is 0 Å². The highest BCUT2D eigenvalue weighted by Crippen LogP contribution is 2.27. The summed E-state index contributed by atoms with van der Waals surface area (Å²) in [6.07, 6.45) is 2.14.